The molecule has 100 valence electrons. The van der Waals surface area contributed by atoms with Gasteiger partial charge in [0.1, 0.15) is 0 Å². The van der Waals surface area contributed by atoms with Gasteiger partial charge >= 0.3 is 0 Å². The standard InChI is InChI=1S/C18H28/c1-5-15-11-18(12-15)14(4)10-16-6-8-17(9-7-16)13(2)3/h6-9,13-15,18H,5,10-12H2,1-4H3. The highest BCUT2D eigenvalue weighted by molar-refractivity contribution is 5.25. The van der Waals surface area contributed by atoms with Gasteiger partial charge in [0.25, 0.3) is 0 Å². The molecule has 0 nitrogen and oxygen atoms in total. The summed E-state index contributed by atoms with van der Waals surface area (Å²) < 4.78 is 0. The van der Waals surface area contributed by atoms with Gasteiger partial charge in [-0.25, -0.2) is 0 Å². The molecule has 1 fully saturated rings. The molecule has 0 amide bonds. The van der Waals surface area contributed by atoms with Gasteiger partial charge in [0.2, 0.25) is 0 Å². The van der Waals surface area contributed by atoms with Crippen LogP contribution < -0.4 is 0 Å². The molecule has 0 heterocycles. The van der Waals surface area contributed by atoms with E-state index < -0.39 is 0 Å². The molecular formula is C18H28. The van der Waals surface area contributed by atoms with Crippen molar-refractivity contribution in [3.05, 3.63) is 35.4 Å². The molecule has 0 spiro atoms. The van der Waals surface area contributed by atoms with Crippen molar-refractivity contribution >= 4 is 0 Å². The fourth-order valence-electron chi connectivity index (χ4n) is 3.16. The quantitative estimate of drug-likeness (QED) is 0.648. The van der Waals surface area contributed by atoms with Crippen molar-refractivity contribution in [1.29, 1.82) is 0 Å². The Hall–Kier alpha value is -0.780. The molecule has 1 atom stereocenters. The SMILES string of the molecule is CCC1CC(C(C)Cc2ccc(C(C)C)cc2)C1. The Labute approximate surface area is 113 Å². The van der Waals surface area contributed by atoms with Gasteiger partial charge in [-0.05, 0) is 54.1 Å². The third kappa shape index (κ3) is 3.16. The summed E-state index contributed by atoms with van der Waals surface area (Å²) in [6, 6.07) is 9.29. The molecule has 0 saturated heterocycles. The minimum absolute atomic E-state index is 0.647. The predicted molar refractivity (Wildman–Crippen MR) is 79.9 cm³/mol. The number of benzene rings is 1. The lowest BCUT2D eigenvalue weighted by Crippen LogP contribution is -2.29. The summed E-state index contributed by atoms with van der Waals surface area (Å²) >= 11 is 0. The van der Waals surface area contributed by atoms with Crippen LogP contribution >= 0.6 is 0 Å². The Morgan fingerprint density at radius 3 is 2.17 bits per heavy atom. The molecule has 1 aromatic carbocycles. The van der Waals surface area contributed by atoms with Gasteiger partial charge in [-0.1, -0.05) is 58.4 Å². The molecule has 2 rings (SSSR count). The van der Waals surface area contributed by atoms with Crippen LogP contribution in [0, 0.1) is 17.8 Å². The maximum atomic E-state index is 2.44. The lowest BCUT2D eigenvalue weighted by Gasteiger charge is -2.39. The lowest BCUT2D eigenvalue weighted by molar-refractivity contribution is 0.129. The van der Waals surface area contributed by atoms with Crippen molar-refractivity contribution in [2.75, 3.05) is 0 Å². The predicted octanol–water partition coefficient (Wildman–Crippen LogP) is 5.42. The summed E-state index contributed by atoms with van der Waals surface area (Å²) in [5.74, 6) is 3.52. The van der Waals surface area contributed by atoms with Crippen LogP contribution in [-0.2, 0) is 6.42 Å². The van der Waals surface area contributed by atoms with Crippen LogP contribution in [-0.4, -0.2) is 0 Å². The van der Waals surface area contributed by atoms with Crippen LogP contribution in [0.2, 0.25) is 0 Å². The Balaban J connectivity index is 1.86. The van der Waals surface area contributed by atoms with E-state index in [1.54, 1.807) is 0 Å². The molecule has 1 aromatic rings. The van der Waals surface area contributed by atoms with E-state index in [0.29, 0.717) is 5.92 Å². The van der Waals surface area contributed by atoms with Crippen molar-refractivity contribution in [3.63, 3.8) is 0 Å². The molecule has 1 aliphatic carbocycles. The fraction of sp³-hybridized carbons (Fsp3) is 0.667. The largest absolute Gasteiger partial charge is 0.0651 e. The van der Waals surface area contributed by atoms with Gasteiger partial charge < -0.3 is 0 Å². The molecule has 1 unspecified atom stereocenters. The average Bonchev–Trinajstić information content (AvgIpc) is 2.28. The molecule has 1 saturated carbocycles. The van der Waals surface area contributed by atoms with Crippen LogP contribution in [0.5, 0.6) is 0 Å². The third-order valence-corrected chi connectivity index (χ3v) is 4.86. The van der Waals surface area contributed by atoms with E-state index in [0.717, 1.165) is 17.8 Å². The van der Waals surface area contributed by atoms with E-state index in [-0.39, 0.29) is 0 Å². The third-order valence-electron chi connectivity index (χ3n) is 4.86. The zero-order chi connectivity index (χ0) is 13.1. The summed E-state index contributed by atoms with van der Waals surface area (Å²) in [5, 5.41) is 0. The maximum absolute atomic E-state index is 2.44. The van der Waals surface area contributed by atoms with E-state index in [2.05, 4.69) is 52.0 Å². The maximum Gasteiger partial charge on any atom is -0.0219 e. The average molecular weight is 244 g/mol. The highest BCUT2D eigenvalue weighted by atomic mass is 14.4. The number of hydrogen-bond donors (Lipinski definition) is 0. The Morgan fingerprint density at radius 1 is 1.06 bits per heavy atom. The minimum Gasteiger partial charge on any atom is -0.0651 e. The molecule has 0 aliphatic heterocycles. The van der Waals surface area contributed by atoms with Crippen molar-refractivity contribution in [2.45, 2.75) is 59.3 Å². The van der Waals surface area contributed by atoms with Gasteiger partial charge in [0.05, 0.1) is 0 Å². The second-order valence-corrected chi connectivity index (χ2v) is 6.58. The second kappa shape index (κ2) is 5.91. The molecule has 0 radical (unpaired) electrons. The summed E-state index contributed by atoms with van der Waals surface area (Å²) in [4.78, 5) is 0. The first-order valence-electron chi connectivity index (χ1n) is 7.69. The molecular weight excluding hydrogens is 216 g/mol. The summed E-state index contributed by atoms with van der Waals surface area (Å²) in [6.45, 7) is 9.29. The normalized spacial score (nSPS) is 24.9. The van der Waals surface area contributed by atoms with Gasteiger partial charge in [0.15, 0.2) is 0 Å². The molecule has 0 aromatic heterocycles. The topological polar surface area (TPSA) is 0 Å². The molecule has 1 aliphatic rings. The van der Waals surface area contributed by atoms with Gasteiger partial charge in [-0.15, -0.1) is 0 Å². The van der Waals surface area contributed by atoms with Crippen LogP contribution in [0.3, 0.4) is 0 Å². The molecule has 0 heteroatoms. The van der Waals surface area contributed by atoms with Crippen LogP contribution in [0.4, 0.5) is 0 Å². The van der Waals surface area contributed by atoms with Crippen molar-refractivity contribution in [3.8, 4) is 0 Å². The van der Waals surface area contributed by atoms with E-state index in [4.69, 9.17) is 0 Å². The summed E-state index contributed by atoms with van der Waals surface area (Å²) in [5.41, 5.74) is 2.98. The van der Waals surface area contributed by atoms with Gasteiger partial charge in [-0.3, -0.25) is 0 Å². The fourth-order valence-corrected chi connectivity index (χ4v) is 3.16. The molecule has 0 N–H and O–H groups in total. The first kappa shape index (κ1) is 13.6. The van der Waals surface area contributed by atoms with Crippen molar-refractivity contribution in [1.82, 2.24) is 0 Å². The van der Waals surface area contributed by atoms with E-state index in [1.807, 2.05) is 0 Å². The van der Waals surface area contributed by atoms with Gasteiger partial charge in [0, 0.05) is 0 Å². The number of hydrogen-bond acceptors (Lipinski definition) is 0. The smallest absolute Gasteiger partial charge is 0.0219 e. The Morgan fingerprint density at radius 2 is 1.67 bits per heavy atom. The first-order valence-corrected chi connectivity index (χ1v) is 7.69. The second-order valence-electron chi connectivity index (χ2n) is 6.58. The van der Waals surface area contributed by atoms with E-state index >= 15 is 0 Å². The monoisotopic (exact) mass is 244 g/mol. The number of rotatable bonds is 5. The van der Waals surface area contributed by atoms with Gasteiger partial charge in [-0.2, -0.15) is 0 Å². The Bertz CT molecular complexity index is 354. The lowest BCUT2D eigenvalue weighted by atomic mass is 9.67. The molecule has 0 bridgehead atoms. The zero-order valence-corrected chi connectivity index (χ0v) is 12.4. The van der Waals surface area contributed by atoms with Crippen molar-refractivity contribution < 1.29 is 0 Å². The van der Waals surface area contributed by atoms with Crippen LogP contribution in [0.1, 0.15) is 64.0 Å². The highest BCUT2D eigenvalue weighted by Gasteiger charge is 2.31. The zero-order valence-electron chi connectivity index (χ0n) is 12.4. The highest BCUT2D eigenvalue weighted by Crippen LogP contribution is 2.41. The minimum atomic E-state index is 0.647. The van der Waals surface area contributed by atoms with Crippen LogP contribution in [0.15, 0.2) is 24.3 Å². The van der Waals surface area contributed by atoms with Crippen LogP contribution in [0.25, 0.3) is 0 Å². The molecule has 18 heavy (non-hydrogen) atoms. The van der Waals surface area contributed by atoms with E-state index in [1.165, 1.54) is 36.8 Å². The van der Waals surface area contributed by atoms with E-state index in [9.17, 15) is 0 Å². The summed E-state index contributed by atoms with van der Waals surface area (Å²) in [7, 11) is 0. The van der Waals surface area contributed by atoms with Crippen molar-refractivity contribution in [2.24, 2.45) is 17.8 Å². The first-order chi connectivity index (χ1) is 8.60. The Kier molecular flexibility index (Phi) is 4.48. The summed E-state index contributed by atoms with van der Waals surface area (Å²) in [6.07, 6.45) is 5.59.